The number of nitrogens with one attached hydrogen (secondary N) is 2. The molecule has 4 rings (SSSR count). The molecule has 0 radical (unpaired) electrons. The monoisotopic (exact) mass is 479 g/mol. The summed E-state index contributed by atoms with van der Waals surface area (Å²) in [4.78, 5) is 18.3. The van der Waals surface area contributed by atoms with E-state index >= 15 is 0 Å². The Bertz CT molecular complexity index is 1300. The topological polar surface area (TPSA) is 66.6 Å². The van der Waals surface area contributed by atoms with Crippen molar-refractivity contribution in [1.29, 1.82) is 0 Å². The van der Waals surface area contributed by atoms with Crippen LogP contribution in [0.5, 0.6) is 11.5 Å². The number of para-hydroxylation sites is 1. The van der Waals surface area contributed by atoms with E-state index < -0.39 is 6.61 Å². The highest BCUT2D eigenvalue weighted by Crippen LogP contribution is 2.32. The zero-order chi connectivity index (χ0) is 24.9. The Hall–Kier alpha value is -4.07. The fourth-order valence-electron chi connectivity index (χ4n) is 4.09. The van der Waals surface area contributed by atoms with Crippen LogP contribution < -0.4 is 19.7 Å². The minimum Gasteiger partial charge on any atom is -0.493 e. The molecule has 1 amide bonds. The number of anilines is 1. The Morgan fingerprint density at radius 2 is 1.77 bits per heavy atom. The number of aromatic amines is 1. The molecule has 0 saturated carbocycles. The molecule has 0 aliphatic carbocycles. The van der Waals surface area contributed by atoms with Gasteiger partial charge in [-0.25, -0.2) is 0 Å². The van der Waals surface area contributed by atoms with E-state index in [0.717, 1.165) is 27.7 Å². The number of hydrogen-bond acceptors (Lipinski definition) is 4. The molecule has 0 aliphatic rings. The molecule has 0 spiro atoms. The van der Waals surface area contributed by atoms with Gasteiger partial charge in [0.25, 0.3) is 5.91 Å². The molecular weight excluding hydrogens is 452 g/mol. The molecule has 1 aromatic heterocycles. The molecule has 0 bridgehead atoms. The molecule has 8 heteroatoms. The van der Waals surface area contributed by atoms with Gasteiger partial charge >= 0.3 is 6.61 Å². The van der Waals surface area contributed by atoms with Gasteiger partial charge in [0.15, 0.2) is 11.5 Å². The highest BCUT2D eigenvalue weighted by molar-refractivity contribution is 5.95. The fourth-order valence-corrected chi connectivity index (χ4v) is 4.09. The largest absolute Gasteiger partial charge is 0.493 e. The number of carbonyl (C=O) groups is 1. The van der Waals surface area contributed by atoms with Gasteiger partial charge in [0.05, 0.1) is 7.11 Å². The quantitative estimate of drug-likeness (QED) is 0.337. The average molecular weight is 480 g/mol. The number of ether oxygens (including phenoxy) is 2. The molecule has 4 aromatic rings. The fraction of sp³-hybridized carbons (Fsp3) is 0.222. The van der Waals surface area contributed by atoms with Gasteiger partial charge in [0, 0.05) is 54.9 Å². The summed E-state index contributed by atoms with van der Waals surface area (Å²) in [5, 5.41) is 4.07. The molecule has 0 fully saturated rings. The van der Waals surface area contributed by atoms with Crippen LogP contribution in [0.3, 0.4) is 0 Å². The molecule has 3 aromatic carbocycles. The second-order valence-corrected chi connectivity index (χ2v) is 8.28. The van der Waals surface area contributed by atoms with Gasteiger partial charge in [0.1, 0.15) is 0 Å². The predicted octanol–water partition coefficient (Wildman–Crippen LogP) is 5.41. The van der Waals surface area contributed by atoms with Crippen LogP contribution in [0.25, 0.3) is 10.9 Å². The molecule has 1 atom stereocenters. The molecule has 35 heavy (non-hydrogen) atoms. The number of alkyl halides is 2. The van der Waals surface area contributed by atoms with Gasteiger partial charge in [0.2, 0.25) is 0 Å². The van der Waals surface area contributed by atoms with Crippen molar-refractivity contribution < 1.29 is 23.0 Å². The summed E-state index contributed by atoms with van der Waals surface area (Å²) < 4.78 is 34.8. The highest BCUT2D eigenvalue weighted by atomic mass is 19.3. The number of H-pyrrole nitrogens is 1. The van der Waals surface area contributed by atoms with E-state index in [1.165, 1.54) is 25.3 Å². The van der Waals surface area contributed by atoms with Gasteiger partial charge in [-0.1, -0.05) is 30.3 Å². The van der Waals surface area contributed by atoms with Crippen molar-refractivity contribution in [3.05, 3.63) is 89.6 Å². The maximum absolute atomic E-state index is 13.0. The zero-order valence-electron chi connectivity index (χ0n) is 19.7. The first-order valence-electron chi connectivity index (χ1n) is 11.1. The minimum atomic E-state index is -2.99. The van der Waals surface area contributed by atoms with Crippen molar-refractivity contribution in [2.75, 3.05) is 32.6 Å². The first-order valence-corrected chi connectivity index (χ1v) is 11.1. The maximum atomic E-state index is 13.0. The standard InChI is InChI=1S/C27H27F2N3O3/c1-32(2)19-11-8-17(9-12-19)21(22-16-30-23-7-5-4-6-20(22)23)15-31-26(33)18-10-13-24(35-27(28)29)25(14-18)34-3/h4-14,16,21,27,30H,15H2,1-3H3,(H,31,33). The second-order valence-electron chi connectivity index (χ2n) is 8.28. The lowest BCUT2D eigenvalue weighted by Crippen LogP contribution is -2.29. The van der Waals surface area contributed by atoms with Gasteiger partial charge in [-0.05, 0) is 47.5 Å². The third-order valence-electron chi connectivity index (χ3n) is 5.92. The van der Waals surface area contributed by atoms with E-state index in [-0.39, 0.29) is 28.9 Å². The lowest BCUT2D eigenvalue weighted by molar-refractivity contribution is -0.0512. The number of aromatic nitrogens is 1. The summed E-state index contributed by atoms with van der Waals surface area (Å²) in [6, 6.07) is 20.4. The zero-order valence-corrected chi connectivity index (χ0v) is 19.7. The van der Waals surface area contributed by atoms with Gasteiger partial charge in [-0.3, -0.25) is 4.79 Å². The summed E-state index contributed by atoms with van der Waals surface area (Å²) in [6.45, 7) is -2.65. The molecule has 2 N–H and O–H groups in total. The molecule has 6 nitrogen and oxygen atoms in total. The number of rotatable bonds is 9. The van der Waals surface area contributed by atoms with Crippen LogP contribution in [0.1, 0.15) is 27.4 Å². The third kappa shape index (κ3) is 5.37. The number of carbonyl (C=O) groups excluding carboxylic acids is 1. The number of nitrogens with zero attached hydrogens (tertiary/aromatic N) is 1. The average Bonchev–Trinajstić information content (AvgIpc) is 3.28. The van der Waals surface area contributed by atoms with E-state index in [4.69, 9.17) is 4.74 Å². The van der Waals surface area contributed by atoms with E-state index in [9.17, 15) is 13.6 Å². The van der Waals surface area contributed by atoms with Crippen molar-refractivity contribution in [3.8, 4) is 11.5 Å². The molecule has 182 valence electrons. The van der Waals surface area contributed by atoms with E-state index in [2.05, 4.69) is 33.2 Å². The van der Waals surface area contributed by atoms with E-state index in [1.807, 2.05) is 55.5 Å². The highest BCUT2D eigenvalue weighted by Gasteiger charge is 2.21. The van der Waals surface area contributed by atoms with Gasteiger partial charge < -0.3 is 24.7 Å². The van der Waals surface area contributed by atoms with Crippen LogP contribution in [-0.4, -0.2) is 45.3 Å². The summed E-state index contributed by atoms with van der Waals surface area (Å²) in [6.07, 6.45) is 1.97. The summed E-state index contributed by atoms with van der Waals surface area (Å²) in [5.74, 6) is -0.529. The van der Waals surface area contributed by atoms with Crippen molar-refractivity contribution in [2.24, 2.45) is 0 Å². The van der Waals surface area contributed by atoms with Crippen molar-refractivity contribution in [3.63, 3.8) is 0 Å². The number of benzene rings is 3. The normalized spacial score (nSPS) is 11.9. The Kier molecular flexibility index (Phi) is 7.19. The van der Waals surface area contributed by atoms with Crippen LogP contribution in [0.15, 0.2) is 72.9 Å². The number of halogens is 2. The van der Waals surface area contributed by atoms with Crippen molar-refractivity contribution >= 4 is 22.5 Å². The molecule has 0 saturated heterocycles. The lowest BCUT2D eigenvalue weighted by atomic mass is 9.90. The van der Waals surface area contributed by atoms with Crippen molar-refractivity contribution in [1.82, 2.24) is 10.3 Å². The Labute approximate surface area is 202 Å². The summed E-state index contributed by atoms with van der Waals surface area (Å²) >= 11 is 0. The molecule has 0 aliphatic heterocycles. The Morgan fingerprint density at radius 1 is 1.03 bits per heavy atom. The third-order valence-corrected chi connectivity index (χ3v) is 5.92. The number of fused-ring (bicyclic) bond motifs is 1. The SMILES string of the molecule is COc1cc(C(=O)NCC(c2ccc(N(C)C)cc2)c2c[nH]c3ccccc23)ccc1OC(F)F. The first-order chi connectivity index (χ1) is 16.9. The summed E-state index contributed by atoms with van der Waals surface area (Å²) in [7, 11) is 5.30. The van der Waals surface area contributed by atoms with Crippen LogP contribution >= 0.6 is 0 Å². The molecular formula is C27H27F2N3O3. The van der Waals surface area contributed by atoms with E-state index in [1.54, 1.807) is 0 Å². The lowest BCUT2D eigenvalue weighted by Gasteiger charge is -2.20. The molecule has 1 heterocycles. The smallest absolute Gasteiger partial charge is 0.387 e. The van der Waals surface area contributed by atoms with Crippen LogP contribution in [0.4, 0.5) is 14.5 Å². The second kappa shape index (κ2) is 10.5. The van der Waals surface area contributed by atoms with Crippen LogP contribution in [0.2, 0.25) is 0 Å². The maximum Gasteiger partial charge on any atom is 0.387 e. The van der Waals surface area contributed by atoms with Crippen molar-refractivity contribution in [2.45, 2.75) is 12.5 Å². The van der Waals surface area contributed by atoms with E-state index in [0.29, 0.717) is 6.54 Å². The number of methoxy groups -OCH3 is 1. The summed E-state index contributed by atoms with van der Waals surface area (Å²) in [5.41, 5.74) is 4.50. The van der Waals surface area contributed by atoms with Crippen LogP contribution in [0, 0.1) is 0 Å². The van der Waals surface area contributed by atoms with Gasteiger partial charge in [-0.2, -0.15) is 8.78 Å². The first kappa shape index (κ1) is 24.1. The number of hydrogen-bond donors (Lipinski definition) is 2. The van der Waals surface area contributed by atoms with Gasteiger partial charge in [-0.15, -0.1) is 0 Å². The van der Waals surface area contributed by atoms with Crippen LogP contribution in [-0.2, 0) is 0 Å². The Balaban J connectivity index is 1.61. The number of amides is 1. The minimum absolute atomic E-state index is 0.0606. The Morgan fingerprint density at radius 3 is 2.46 bits per heavy atom. The molecule has 1 unspecified atom stereocenters. The predicted molar refractivity (Wildman–Crippen MR) is 133 cm³/mol.